The van der Waals surface area contributed by atoms with E-state index in [0.717, 1.165) is 5.56 Å². The maximum Gasteiger partial charge on any atom is 0.329 e. The molecule has 2 rings (SSSR count). The van der Waals surface area contributed by atoms with E-state index in [1.807, 2.05) is 6.07 Å². The molecule has 0 bridgehead atoms. The van der Waals surface area contributed by atoms with Crippen molar-refractivity contribution < 1.29 is 4.79 Å². The number of aromatic nitrogens is 2. The Balaban J connectivity index is 2.14. The van der Waals surface area contributed by atoms with E-state index < -0.39 is 0 Å². The summed E-state index contributed by atoms with van der Waals surface area (Å²) < 4.78 is 1.40. The summed E-state index contributed by atoms with van der Waals surface area (Å²) in [5.74, 6) is 0. The average molecular weight is 284 g/mol. The lowest BCUT2D eigenvalue weighted by Crippen LogP contribution is -2.29. The lowest BCUT2D eigenvalue weighted by molar-refractivity contribution is 0.208. The van der Waals surface area contributed by atoms with E-state index in [-0.39, 0.29) is 6.03 Å². The van der Waals surface area contributed by atoms with Crippen molar-refractivity contribution in [2.75, 3.05) is 7.05 Å². The van der Waals surface area contributed by atoms with E-state index in [1.54, 1.807) is 36.5 Å². The van der Waals surface area contributed by atoms with E-state index in [0.29, 0.717) is 16.6 Å². The molecule has 0 unspecified atom stereocenters. The Hall–Kier alpha value is -1.52. The molecule has 1 amide bonds. The summed E-state index contributed by atoms with van der Waals surface area (Å²) in [5, 5.41) is 0.960. The molecule has 0 spiro atoms. The summed E-state index contributed by atoms with van der Waals surface area (Å²) in [7, 11) is 1.69. The second-order valence-electron chi connectivity index (χ2n) is 3.82. The number of amides is 1. The summed E-state index contributed by atoms with van der Waals surface area (Å²) in [5.41, 5.74) is 0.806. The van der Waals surface area contributed by atoms with Gasteiger partial charge in [-0.1, -0.05) is 35.3 Å². The minimum atomic E-state index is -0.177. The molecule has 18 heavy (non-hydrogen) atoms. The Morgan fingerprint density at radius 3 is 2.89 bits per heavy atom. The summed E-state index contributed by atoms with van der Waals surface area (Å²) in [6.45, 7) is 0.385. The van der Waals surface area contributed by atoms with Gasteiger partial charge in [0, 0.05) is 26.0 Å². The zero-order chi connectivity index (χ0) is 13.1. The molecule has 0 fully saturated rings. The Labute approximate surface area is 115 Å². The summed E-state index contributed by atoms with van der Waals surface area (Å²) in [4.78, 5) is 17.4. The van der Waals surface area contributed by atoms with Gasteiger partial charge in [-0.2, -0.15) is 0 Å². The van der Waals surface area contributed by atoms with Gasteiger partial charge >= 0.3 is 6.03 Å². The first kappa shape index (κ1) is 12.9. The highest BCUT2D eigenvalue weighted by Gasteiger charge is 2.13. The smallest absolute Gasteiger partial charge is 0.323 e. The SMILES string of the molecule is CN(Cc1cccc(Cl)c1Cl)C(=O)n1ccnc1. The van der Waals surface area contributed by atoms with Crippen LogP contribution in [0.15, 0.2) is 36.9 Å². The zero-order valence-electron chi connectivity index (χ0n) is 9.68. The fraction of sp³-hybridized carbons (Fsp3) is 0.167. The number of carbonyl (C=O) groups is 1. The number of nitrogens with zero attached hydrogens (tertiary/aromatic N) is 3. The van der Waals surface area contributed by atoms with Gasteiger partial charge in [-0.05, 0) is 11.6 Å². The normalized spacial score (nSPS) is 10.4. The van der Waals surface area contributed by atoms with E-state index >= 15 is 0 Å². The van der Waals surface area contributed by atoms with Crippen molar-refractivity contribution in [1.82, 2.24) is 14.5 Å². The van der Waals surface area contributed by atoms with Gasteiger partial charge in [0.2, 0.25) is 0 Å². The fourth-order valence-corrected chi connectivity index (χ4v) is 1.94. The van der Waals surface area contributed by atoms with Gasteiger partial charge in [0.15, 0.2) is 0 Å². The number of imidazole rings is 1. The fourth-order valence-electron chi connectivity index (χ4n) is 1.56. The predicted molar refractivity (Wildman–Crippen MR) is 71.0 cm³/mol. The van der Waals surface area contributed by atoms with Crippen LogP contribution in [0.25, 0.3) is 0 Å². The number of hydrogen-bond donors (Lipinski definition) is 0. The van der Waals surface area contributed by atoms with Crippen LogP contribution in [0.1, 0.15) is 5.56 Å². The van der Waals surface area contributed by atoms with Gasteiger partial charge < -0.3 is 4.90 Å². The number of carbonyl (C=O) groups excluding carboxylic acids is 1. The zero-order valence-corrected chi connectivity index (χ0v) is 11.2. The Morgan fingerprint density at radius 1 is 1.44 bits per heavy atom. The van der Waals surface area contributed by atoms with Crippen molar-refractivity contribution in [2.24, 2.45) is 0 Å². The van der Waals surface area contributed by atoms with Gasteiger partial charge in [0.05, 0.1) is 10.0 Å². The molecule has 0 saturated carbocycles. The molecule has 6 heteroatoms. The highest BCUT2D eigenvalue weighted by molar-refractivity contribution is 6.42. The van der Waals surface area contributed by atoms with Crippen LogP contribution in [0.5, 0.6) is 0 Å². The highest BCUT2D eigenvalue weighted by Crippen LogP contribution is 2.26. The average Bonchev–Trinajstić information content (AvgIpc) is 2.87. The van der Waals surface area contributed by atoms with Crippen molar-refractivity contribution in [1.29, 1.82) is 0 Å². The molecule has 94 valence electrons. The van der Waals surface area contributed by atoms with E-state index in [9.17, 15) is 4.79 Å². The third-order valence-corrected chi connectivity index (χ3v) is 3.35. The number of halogens is 2. The van der Waals surface area contributed by atoms with Crippen LogP contribution < -0.4 is 0 Å². The highest BCUT2D eigenvalue weighted by atomic mass is 35.5. The van der Waals surface area contributed by atoms with E-state index in [1.165, 1.54) is 10.9 Å². The molecular formula is C12H11Cl2N3O. The van der Waals surface area contributed by atoms with Crippen molar-refractivity contribution in [3.8, 4) is 0 Å². The summed E-state index contributed by atoms with van der Waals surface area (Å²) in [6, 6.07) is 5.18. The van der Waals surface area contributed by atoms with E-state index in [2.05, 4.69) is 4.98 Å². The first-order valence-corrected chi connectivity index (χ1v) is 6.01. The molecule has 1 heterocycles. The van der Waals surface area contributed by atoms with Gasteiger partial charge in [0.25, 0.3) is 0 Å². The van der Waals surface area contributed by atoms with Crippen LogP contribution in [-0.4, -0.2) is 27.5 Å². The van der Waals surface area contributed by atoms with Crippen molar-refractivity contribution in [3.63, 3.8) is 0 Å². The molecule has 0 radical (unpaired) electrons. The minimum absolute atomic E-state index is 0.177. The Bertz CT molecular complexity index is 554. The Morgan fingerprint density at radius 2 is 2.22 bits per heavy atom. The Kier molecular flexibility index (Phi) is 3.89. The van der Waals surface area contributed by atoms with Crippen LogP contribution in [0, 0.1) is 0 Å². The van der Waals surface area contributed by atoms with Gasteiger partial charge in [0.1, 0.15) is 6.33 Å². The third-order valence-electron chi connectivity index (χ3n) is 2.49. The number of rotatable bonds is 2. The van der Waals surface area contributed by atoms with Gasteiger partial charge in [-0.3, -0.25) is 4.57 Å². The molecule has 0 aliphatic carbocycles. The van der Waals surface area contributed by atoms with E-state index in [4.69, 9.17) is 23.2 Å². The first-order valence-electron chi connectivity index (χ1n) is 5.26. The molecule has 4 nitrogen and oxygen atoms in total. The number of hydrogen-bond acceptors (Lipinski definition) is 2. The van der Waals surface area contributed by atoms with Crippen LogP contribution >= 0.6 is 23.2 Å². The molecule has 0 atom stereocenters. The number of benzene rings is 1. The van der Waals surface area contributed by atoms with Crippen LogP contribution in [0.4, 0.5) is 4.79 Å². The standard InChI is InChI=1S/C12H11Cl2N3O/c1-16(12(18)17-6-5-15-8-17)7-9-3-2-4-10(13)11(9)14/h2-6,8H,7H2,1H3. The monoisotopic (exact) mass is 283 g/mol. The minimum Gasteiger partial charge on any atom is -0.323 e. The first-order chi connectivity index (χ1) is 8.59. The lowest BCUT2D eigenvalue weighted by Gasteiger charge is -2.18. The van der Waals surface area contributed by atoms with Crippen LogP contribution in [-0.2, 0) is 6.54 Å². The van der Waals surface area contributed by atoms with Crippen molar-refractivity contribution in [2.45, 2.75) is 6.54 Å². The molecule has 0 N–H and O–H groups in total. The molecule has 0 aliphatic heterocycles. The van der Waals surface area contributed by atoms with Crippen molar-refractivity contribution >= 4 is 29.2 Å². The second kappa shape index (κ2) is 5.42. The molecule has 2 aromatic rings. The topological polar surface area (TPSA) is 38.1 Å². The molecule has 1 aromatic carbocycles. The summed E-state index contributed by atoms with van der Waals surface area (Å²) in [6.07, 6.45) is 4.61. The lowest BCUT2D eigenvalue weighted by atomic mass is 10.2. The molecule has 0 saturated heterocycles. The summed E-state index contributed by atoms with van der Waals surface area (Å²) >= 11 is 12.0. The largest absolute Gasteiger partial charge is 0.329 e. The molecular weight excluding hydrogens is 273 g/mol. The quantitative estimate of drug-likeness (QED) is 0.848. The van der Waals surface area contributed by atoms with Crippen molar-refractivity contribution in [3.05, 3.63) is 52.5 Å². The maximum atomic E-state index is 12.0. The maximum absolute atomic E-state index is 12.0. The predicted octanol–water partition coefficient (Wildman–Crippen LogP) is 3.29. The molecule has 0 aliphatic rings. The second-order valence-corrected chi connectivity index (χ2v) is 4.61. The van der Waals surface area contributed by atoms with Gasteiger partial charge in [-0.15, -0.1) is 0 Å². The van der Waals surface area contributed by atoms with Crippen LogP contribution in [0.3, 0.4) is 0 Å². The van der Waals surface area contributed by atoms with Crippen LogP contribution in [0.2, 0.25) is 10.0 Å². The van der Waals surface area contributed by atoms with Gasteiger partial charge in [-0.25, -0.2) is 9.78 Å². The molecule has 1 aromatic heterocycles. The third kappa shape index (κ3) is 2.66.